The number of para-hydroxylation sites is 1. The maximum Gasteiger partial charge on any atom is 0.231 e. The van der Waals surface area contributed by atoms with E-state index in [4.69, 9.17) is 10.3 Å². The van der Waals surface area contributed by atoms with Gasteiger partial charge in [-0.15, -0.1) is 0 Å². The maximum atomic E-state index is 5.90. The molecule has 0 saturated carbocycles. The number of rotatable bonds is 3. The highest BCUT2D eigenvalue weighted by molar-refractivity contribution is 5.50. The Morgan fingerprint density at radius 3 is 2.85 bits per heavy atom. The lowest BCUT2D eigenvalue weighted by atomic mass is 10.1. The molecule has 0 atom stereocenters. The van der Waals surface area contributed by atoms with Crippen molar-refractivity contribution in [3.05, 3.63) is 59.6 Å². The minimum atomic E-state index is 0.498. The van der Waals surface area contributed by atoms with Crippen LogP contribution < -0.4 is 5.73 Å². The first-order valence-corrected chi connectivity index (χ1v) is 6.31. The van der Waals surface area contributed by atoms with Gasteiger partial charge in [-0.05, 0) is 36.2 Å². The van der Waals surface area contributed by atoms with E-state index in [1.165, 1.54) is 0 Å². The smallest absolute Gasteiger partial charge is 0.231 e. The van der Waals surface area contributed by atoms with Crippen LogP contribution in [0, 0.1) is 6.92 Å². The highest BCUT2D eigenvalue weighted by Crippen LogP contribution is 2.18. The van der Waals surface area contributed by atoms with Gasteiger partial charge in [0, 0.05) is 11.9 Å². The second-order valence-corrected chi connectivity index (χ2v) is 4.61. The van der Waals surface area contributed by atoms with Crippen LogP contribution in [-0.4, -0.2) is 15.1 Å². The van der Waals surface area contributed by atoms with Gasteiger partial charge in [0.2, 0.25) is 11.7 Å². The molecule has 20 heavy (non-hydrogen) atoms. The molecule has 0 aliphatic heterocycles. The first-order chi connectivity index (χ1) is 9.72. The molecule has 0 amide bonds. The van der Waals surface area contributed by atoms with Crippen molar-refractivity contribution in [3.8, 4) is 11.5 Å². The molecule has 1 aromatic carbocycles. The van der Waals surface area contributed by atoms with Gasteiger partial charge < -0.3 is 10.3 Å². The molecule has 0 unspecified atom stereocenters. The Morgan fingerprint density at radius 1 is 1.20 bits per heavy atom. The molecule has 0 aliphatic rings. The maximum absolute atomic E-state index is 5.90. The van der Waals surface area contributed by atoms with E-state index in [1.54, 1.807) is 6.20 Å². The molecule has 0 fully saturated rings. The fourth-order valence-corrected chi connectivity index (χ4v) is 1.95. The summed E-state index contributed by atoms with van der Waals surface area (Å²) in [6.45, 7) is 2.00. The fourth-order valence-electron chi connectivity index (χ4n) is 1.95. The van der Waals surface area contributed by atoms with Crippen LogP contribution in [0.25, 0.3) is 11.5 Å². The molecule has 3 aromatic rings. The number of benzene rings is 1. The Balaban J connectivity index is 1.86. The number of hydrogen-bond donors (Lipinski definition) is 1. The summed E-state index contributed by atoms with van der Waals surface area (Å²) in [5, 5.41) is 3.96. The van der Waals surface area contributed by atoms with Crippen molar-refractivity contribution in [1.29, 1.82) is 0 Å². The van der Waals surface area contributed by atoms with Gasteiger partial charge >= 0.3 is 0 Å². The first kappa shape index (κ1) is 12.3. The predicted molar refractivity (Wildman–Crippen MR) is 75.9 cm³/mol. The van der Waals surface area contributed by atoms with Crippen LogP contribution in [0.2, 0.25) is 0 Å². The van der Waals surface area contributed by atoms with Gasteiger partial charge in [0.25, 0.3) is 0 Å². The van der Waals surface area contributed by atoms with Gasteiger partial charge in [0.05, 0.1) is 6.42 Å². The van der Waals surface area contributed by atoms with Crippen LogP contribution in [0.4, 0.5) is 5.69 Å². The lowest BCUT2D eigenvalue weighted by molar-refractivity contribution is 0.385. The van der Waals surface area contributed by atoms with Crippen LogP contribution in [0.3, 0.4) is 0 Å². The second kappa shape index (κ2) is 5.13. The normalized spacial score (nSPS) is 10.7. The van der Waals surface area contributed by atoms with E-state index >= 15 is 0 Å². The Kier molecular flexibility index (Phi) is 3.16. The Morgan fingerprint density at radius 2 is 2.05 bits per heavy atom. The molecular formula is C15H14N4O. The van der Waals surface area contributed by atoms with E-state index in [0.29, 0.717) is 23.8 Å². The van der Waals surface area contributed by atoms with Gasteiger partial charge in [-0.1, -0.05) is 23.4 Å². The Bertz CT molecular complexity index is 736. The molecule has 3 rings (SSSR count). The van der Waals surface area contributed by atoms with Crippen molar-refractivity contribution in [2.45, 2.75) is 13.3 Å². The predicted octanol–water partition coefficient (Wildman–Crippen LogP) is 2.61. The van der Waals surface area contributed by atoms with Crippen LogP contribution in [0.1, 0.15) is 17.0 Å². The number of aryl methyl sites for hydroxylation is 1. The molecule has 5 nitrogen and oxygen atoms in total. The zero-order valence-electron chi connectivity index (χ0n) is 11.1. The number of nitrogens with two attached hydrogens (primary N) is 1. The number of aromatic nitrogens is 3. The average Bonchev–Trinajstić information content (AvgIpc) is 2.90. The molecule has 0 bridgehead atoms. The summed E-state index contributed by atoms with van der Waals surface area (Å²) in [5.41, 5.74) is 9.41. The van der Waals surface area contributed by atoms with Crippen LogP contribution >= 0.6 is 0 Å². The summed E-state index contributed by atoms with van der Waals surface area (Å²) in [5.74, 6) is 1.03. The molecule has 0 spiro atoms. The summed E-state index contributed by atoms with van der Waals surface area (Å²) < 4.78 is 5.26. The highest BCUT2D eigenvalue weighted by Gasteiger charge is 2.11. The first-order valence-electron chi connectivity index (χ1n) is 6.31. The van der Waals surface area contributed by atoms with E-state index in [-0.39, 0.29) is 0 Å². The lowest BCUT2D eigenvalue weighted by Crippen LogP contribution is -1.95. The van der Waals surface area contributed by atoms with Crippen molar-refractivity contribution >= 4 is 5.69 Å². The third-order valence-corrected chi connectivity index (χ3v) is 3.01. The zero-order valence-corrected chi connectivity index (χ0v) is 11.1. The zero-order chi connectivity index (χ0) is 13.9. The summed E-state index contributed by atoms with van der Waals surface area (Å²) in [4.78, 5) is 8.60. The van der Waals surface area contributed by atoms with E-state index in [1.807, 2.05) is 43.3 Å². The van der Waals surface area contributed by atoms with Crippen LogP contribution in [0.15, 0.2) is 47.1 Å². The van der Waals surface area contributed by atoms with Crippen molar-refractivity contribution in [1.82, 2.24) is 15.1 Å². The highest BCUT2D eigenvalue weighted by atomic mass is 16.5. The molecule has 5 heteroatoms. The Hall–Kier alpha value is -2.69. The summed E-state index contributed by atoms with van der Waals surface area (Å²) in [6, 6.07) is 11.5. The van der Waals surface area contributed by atoms with E-state index in [0.717, 1.165) is 16.8 Å². The molecular weight excluding hydrogens is 252 g/mol. The van der Waals surface area contributed by atoms with Gasteiger partial charge in [-0.2, -0.15) is 4.98 Å². The van der Waals surface area contributed by atoms with Crippen molar-refractivity contribution < 1.29 is 4.52 Å². The Labute approximate surface area is 116 Å². The molecule has 0 aliphatic carbocycles. The molecule has 2 aromatic heterocycles. The number of pyridine rings is 1. The second-order valence-electron chi connectivity index (χ2n) is 4.61. The van der Waals surface area contributed by atoms with Gasteiger partial charge in [-0.25, -0.2) is 0 Å². The van der Waals surface area contributed by atoms with Crippen LogP contribution in [0.5, 0.6) is 0 Å². The van der Waals surface area contributed by atoms with Gasteiger partial charge in [0.15, 0.2) is 0 Å². The number of nitrogen functional groups attached to an aromatic ring is 1. The molecule has 0 radical (unpaired) electrons. The number of nitrogens with zero attached hydrogens (tertiary/aromatic N) is 3. The quantitative estimate of drug-likeness (QED) is 0.737. The number of hydrogen-bond acceptors (Lipinski definition) is 5. The van der Waals surface area contributed by atoms with Crippen molar-refractivity contribution in [3.63, 3.8) is 0 Å². The third-order valence-electron chi connectivity index (χ3n) is 3.01. The monoisotopic (exact) mass is 266 g/mol. The van der Waals surface area contributed by atoms with Crippen molar-refractivity contribution in [2.24, 2.45) is 0 Å². The standard InChI is InChI=1S/C15H14N4O/c1-10-6-7-17-13(8-10)15-18-14(20-19-15)9-11-4-2-3-5-12(11)16/h2-8H,9,16H2,1H3. The third kappa shape index (κ3) is 2.51. The topological polar surface area (TPSA) is 77.8 Å². The SMILES string of the molecule is Cc1ccnc(-c2noc(Cc3ccccc3N)n2)c1. The molecule has 2 N–H and O–H groups in total. The van der Waals surface area contributed by atoms with Crippen LogP contribution in [-0.2, 0) is 6.42 Å². The minimum absolute atomic E-state index is 0.498. The molecule has 100 valence electrons. The largest absolute Gasteiger partial charge is 0.398 e. The van der Waals surface area contributed by atoms with E-state index in [9.17, 15) is 0 Å². The molecule has 0 saturated heterocycles. The molecule has 2 heterocycles. The summed E-state index contributed by atoms with van der Waals surface area (Å²) in [7, 11) is 0. The fraction of sp³-hybridized carbons (Fsp3) is 0.133. The average molecular weight is 266 g/mol. The van der Waals surface area contributed by atoms with E-state index < -0.39 is 0 Å². The van der Waals surface area contributed by atoms with E-state index in [2.05, 4.69) is 15.1 Å². The lowest BCUT2D eigenvalue weighted by Gasteiger charge is -2.00. The van der Waals surface area contributed by atoms with Gasteiger partial charge in [-0.3, -0.25) is 4.98 Å². The minimum Gasteiger partial charge on any atom is -0.398 e. The van der Waals surface area contributed by atoms with Crippen molar-refractivity contribution in [2.75, 3.05) is 5.73 Å². The summed E-state index contributed by atoms with van der Waals surface area (Å²) >= 11 is 0. The van der Waals surface area contributed by atoms with Gasteiger partial charge in [0.1, 0.15) is 5.69 Å². The number of anilines is 1. The summed E-state index contributed by atoms with van der Waals surface area (Å²) in [6.07, 6.45) is 2.25.